The number of rotatable bonds is 0. The molecule has 20 valence electrons. The molecule has 0 aliphatic rings. The average Bonchev–Trinajstić information content (AvgIpc) is 0.918. The summed E-state index contributed by atoms with van der Waals surface area (Å²) in [6, 6.07) is 0. The maximum absolute atomic E-state index is 4.90. The third-order valence-corrected chi connectivity index (χ3v) is 0. The van der Waals surface area contributed by atoms with E-state index < -0.39 is 18.2 Å². The molecule has 4 heavy (non-hydrogen) atoms. The second kappa shape index (κ2) is 8.91. The third-order valence-electron chi connectivity index (χ3n) is 0. The largest absolute Gasteiger partial charge is 0.618 e. The molecule has 0 radical (unpaired) electrons. The van der Waals surface area contributed by atoms with E-state index in [1.54, 1.807) is 0 Å². The van der Waals surface area contributed by atoms with Crippen LogP contribution in [0.25, 0.3) is 0 Å². The predicted octanol–water partition coefficient (Wildman–Crippen LogP) is 0.996. The van der Waals surface area contributed by atoms with E-state index in [0.29, 0.717) is 0 Å². The molecule has 0 fully saturated rings. The zero-order valence-electron chi connectivity index (χ0n) is 1.96. The van der Waals surface area contributed by atoms with Crippen molar-refractivity contribution in [3.63, 3.8) is 0 Å². The number of hydrogen-bond donors (Lipinski definition) is 0. The Labute approximate surface area is 57.4 Å². The Bertz CT molecular complexity index is 6.00. The fourth-order valence-electron chi connectivity index (χ4n) is 0. The molecule has 0 spiro atoms. The van der Waals surface area contributed by atoms with Gasteiger partial charge in [0.25, 0.3) is 0 Å². The van der Waals surface area contributed by atoms with Gasteiger partial charge < -0.3 is 18.1 Å². The first-order chi connectivity index (χ1) is 1.41. The van der Waals surface area contributed by atoms with Crippen LogP contribution >= 0.6 is 18.1 Å². The van der Waals surface area contributed by atoms with Crippen LogP contribution in [0.3, 0.4) is 0 Å². The van der Waals surface area contributed by atoms with Crippen molar-refractivity contribution in [1.29, 1.82) is 0 Å². The van der Waals surface area contributed by atoms with Crippen LogP contribution in [-0.4, -0.2) is 18.2 Å². The monoisotopic (exact) mass is 142 g/mol. The Morgan fingerprint density at radius 2 is 1.25 bits per heavy atom. The quantitative estimate of drug-likeness (QED) is 0.443. The number of hydrogen-bond acceptors (Lipinski definition) is 0. The SMILES string of the molecule is [Cl][Mg][Cl].[Ti]. The second-order valence-electron chi connectivity index (χ2n) is 0.101. The van der Waals surface area contributed by atoms with E-state index in [0.717, 1.165) is 0 Å². The van der Waals surface area contributed by atoms with Crippen molar-refractivity contribution in [1.82, 2.24) is 0 Å². The van der Waals surface area contributed by atoms with Gasteiger partial charge in [0.05, 0.1) is 0 Å². The van der Waals surface area contributed by atoms with E-state index in [4.69, 9.17) is 18.1 Å². The van der Waals surface area contributed by atoms with E-state index in [1.807, 2.05) is 0 Å². The Morgan fingerprint density at radius 1 is 1.25 bits per heavy atom. The van der Waals surface area contributed by atoms with E-state index in [-0.39, 0.29) is 21.7 Å². The summed E-state index contributed by atoms with van der Waals surface area (Å²) in [6.45, 7) is 0. The Morgan fingerprint density at radius 3 is 1.25 bits per heavy atom. The van der Waals surface area contributed by atoms with Gasteiger partial charge in [0.1, 0.15) is 0 Å². The van der Waals surface area contributed by atoms with Crippen LogP contribution in [0.5, 0.6) is 0 Å². The minimum absolute atomic E-state index is 0. The predicted molar refractivity (Wildman–Crippen MR) is 17.5 cm³/mol. The van der Waals surface area contributed by atoms with Gasteiger partial charge in [-0.05, 0) is 0 Å². The van der Waals surface area contributed by atoms with Gasteiger partial charge in [0, 0.05) is 21.7 Å². The van der Waals surface area contributed by atoms with E-state index in [1.165, 1.54) is 0 Å². The second-order valence-corrected chi connectivity index (χ2v) is 2.73. The molecular weight excluding hydrogens is 143 g/mol. The van der Waals surface area contributed by atoms with Gasteiger partial charge in [-0.15, -0.1) is 0 Å². The van der Waals surface area contributed by atoms with Crippen LogP contribution in [0.4, 0.5) is 0 Å². The van der Waals surface area contributed by atoms with E-state index in [2.05, 4.69) is 0 Å². The molecule has 0 saturated heterocycles. The molecule has 0 aliphatic carbocycles. The van der Waals surface area contributed by atoms with Gasteiger partial charge in [-0.25, -0.2) is 0 Å². The summed E-state index contributed by atoms with van der Waals surface area (Å²) in [5.41, 5.74) is 0. The summed E-state index contributed by atoms with van der Waals surface area (Å²) in [4.78, 5) is 0. The molecule has 0 saturated carbocycles. The summed E-state index contributed by atoms with van der Waals surface area (Å²) in [5, 5.41) is 0. The molecule has 4 heteroatoms. The fourth-order valence-corrected chi connectivity index (χ4v) is 0. The van der Waals surface area contributed by atoms with Gasteiger partial charge in [-0.1, -0.05) is 0 Å². The van der Waals surface area contributed by atoms with Crippen molar-refractivity contribution < 1.29 is 21.7 Å². The first kappa shape index (κ1) is 9.41. The zero-order valence-corrected chi connectivity index (χ0v) is 6.45. The Hall–Kier alpha value is 2.06. The summed E-state index contributed by atoms with van der Waals surface area (Å²) >= 11 is -0.639. The van der Waals surface area contributed by atoms with Gasteiger partial charge in [-0.3, -0.25) is 0 Å². The average molecular weight is 143 g/mol. The van der Waals surface area contributed by atoms with Gasteiger partial charge >= 0.3 is 18.2 Å². The van der Waals surface area contributed by atoms with E-state index in [9.17, 15) is 0 Å². The number of halogens is 2. The van der Waals surface area contributed by atoms with Crippen LogP contribution in [0.15, 0.2) is 0 Å². The summed E-state index contributed by atoms with van der Waals surface area (Å²) < 4.78 is 0. The maximum atomic E-state index is 4.90. The maximum Gasteiger partial charge on any atom is 0.618 e. The molecule has 0 aliphatic heterocycles. The van der Waals surface area contributed by atoms with Crippen LogP contribution in [0.2, 0.25) is 0 Å². The molecule has 0 bridgehead atoms. The molecule has 0 unspecified atom stereocenters. The van der Waals surface area contributed by atoms with Crippen molar-refractivity contribution in [2.75, 3.05) is 0 Å². The Kier molecular flexibility index (Phi) is 21.0. The van der Waals surface area contributed by atoms with Crippen LogP contribution in [-0.2, 0) is 21.7 Å². The summed E-state index contributed by atoms with van der Waals surface area (Å²) in [6.07, 6.45) is 0. The normalized spacial score (nSPS) is 2.50. The first-order valence-electron chi connectivity index (χ1n) is 0.535. The van der Waals surface area contributed by atoms with E-state index >= 15 is 0 Å². The van der Waals surface area contributed by atoms with Crippen molar-refractivity contribution in [3.8, 4) is 0 Å². The standard InChI is InChI=1S/2ClH.Mg.Ti/h2*1H;;/q;;+2;/p-2. The van der Waals surface area contributed by atoms with Crippen LogP contribution in [0, 0.1) is 0 Å². The molecule has 0 atom stereocenters. The van der Waals surface area contributed by atoms with Crippen LogP contribution < -0.4 is 0 Å². The fraction of sp³-hybridized carbons (Fsp3) is 0. The smallest absolute Gasteiger partial charge is 0.309 e. The molecule has 0 N–H and O–H groups in total. The molecule has 0 heterocycles. The first-order valence-corrected chi connectivity index (χ1v) is 4.81. The third kappa shape index (κ3) is 8.96. The molecule has 0 aromatic heterocycles. The van der Waals surface area contributed by atoms with Gasteiger partial charge in [0.2, 0.25) is 0 Å². The molecule has 0 rings (SSSR count). The minimum atomic E-state index is -0.639. The Balaban J connectivity index is 0. The van der Waals surface area contributed by atoms with Crippen molar-refractivity contribution in [3.05, 3.63) is 0 Å². The zero-order chi connectivity index (χ0) is 2.71. The van der Waals surface area contributed by atoms with Gasteiger partial charge in [0.15, 0.2) is 0 Å². The molecule has 0 nitrogen and oxygen atoms in total. The molecule has 0 aromatic rings. The minimum Gasteiger partial charge on any atom is -0.309 e. The summed E-state index contributed by atoms with van der Waals surface area (Å²) in [5.74, 6) is 0. The topological polar surface area (TPSA) is 0 Å². The molecule has 0 amide bonds. The molecule has 0 aromatic carbocycles. The summed E-state index contributed by atoms with van der Waals surface area (Å²) in [7, 11) is 9.81. The van der Waals surface area contributed by atoms with Crippen molar-refractivity contribution in [2.24, 2.45) is 0 Å². The van der Waals surface area contributed by atoms with Crippen molar-refractivity contribution >= 4 is 36.3 Å². The van der Waals surface area contributed by atoms with Crippen molar-refractivity contribution in [2.45, 2.75) is 0 Å². The van der Waals surface area contributed by atoms with Crippen LogP contribution in [0.1, 0.15) is 0 Å². The van der Waals surface area contributed by atoms with Gasteiger partial charge in [-0.2, -0.15) is 0 Å². The molecular formula is Cl2MgTi.